The number of nitrogens with zero attached hydrogens (tertiary/aromatic N) is 1. The molecular weight excluding hydrogens is 396 g/mol. The molecule has 0 spiro atoms. The van der Waals surface area contributed by atoms with Crippen molar-refractivity contribution in [3.05, 3.63) is 59.7 Å². The number of aliphatic carboxylic acids is 1. The van der Waals surface area contributed by atoms with Crippen LogP contribution >= 0.6 is 0 Å². The van der Waals surface area contributed by atoms with Crippen LogP contribution in [-0.4, -0.2) is 53.7 Å². The summed E-state index contributed by atoms with van der Waals surface area (Å²) in [6.45, 7) is 4.21. The fourth-order valence-corrected chi connectivity index (χ4v) is 4.00. The second kappa shape index (κ2) is 10.1. The summed E-state index contributed by atoms with van der Waals surface area (Å²) in [6.07, 6.45) is -0.413. The first-order chi connectivity index (χ1) is 15.0. The Morgan fingerprint density at radius 3 is 2.13 bits per heavy atom. The number of likely N-dealkylation sites (N-methyl/N-ethyl adjacent to an activating group) is 1. The molecule has 1 aliphatic rings. The Balaban J connectivity index is 1.63. The van der Waals surface area contributed by atoms with Crippen molar-refractivity contribution < 1.29 is 24.2 Å². The molecule has 31 heavy (non-hydrogen) atoms. The lowest BCUT2D eigenvalue weighted by Crippen LogP contribution is -2.49. The molecule has 3 rings (SSSR count). The van der Waals surface area contributed by atoms with Gasteiger partial charge in [-0.25, -0.2) is 4.79 Å². The summed E-state index contributed by atoms with van der Waals surface area (Å²) in [7, 11) is 0. The summed E-state index contributed by atoms with van der Waals surface area (Å²) in [5.74, 6) is -1.33. The van der Waals surface area contributed by atoms with E-state index in [1.165, 1.54) is 4.90 Å². The van der Waals surface area contributed by atoms with E-state index in [0.717, 1.165) is 22.3 Å². The van der Waals surface area contributed by atoms with Gasteiger partial charge in [-0.05, 0) is 35.6 Å². The maximum Gasteiger partial charge on any atom is 0.407 e. The van der Waals surface area contributed by atoms with E-state index in [-0.39, 0.29) is 31.4 Å². The standard InChI is InChI=1S/C24H28N2O5/c1-3-21(23(29)26(4-2)14-13-22(27)28)25-24(30)31-15-20-18-11-7-5-9-16(18)17-10-6-8-12-19(17)20/h5-12,20-21H,3-4,13-15H2,1-2H3,(H,25,30)(H,27,28)/t21-/m0/s1. The molecule has 2 aromatic rings. The molecule has 0 unspecified atom stereocenters. The first-order valence-corrected chi connectivity index (χ1v) is 10.6. The topological polar surface area (TPSA) is 95.9 Å². The summed E-state index contributed by atoms with van der Waals surface area (Å²) in [6, 6.07) is 15.4. The number of carbonyl (C=O) groups excluding carboxylic acids is 2. The zero-order chi connectivity index (χ0) is 22.4. The number of rotatable bonds is 9. The third kappa shape index (κ3) is 5.05. The van der Waals surface area contributed by atoms with Crippen LogP contribution in [-0.2, 0) is 14.3 Å². The number of ether oxygens (including phenoxy) is 1. The molecular formula is C24H28N2O5. The highest BCUT2D eigenvalue weighted by Crippen LogP contribution is 2.44. The van der Waals surface area contributed by atoms with Crippen LogP contribution in [0.1, 0.15) is 43.7 Å². The molecule has 0 aromatic heterocycles. The van der Waals surface area contributed by atoms with Gasteiger partial charge in [0, 0.05) is 19.0 Å². The molecule has 0 aliphatic heterocycles. The predicted molar refractivity (Wildman–Crippen MR) is 117 cm³/mol. The molecule has 7 heteroatoms. The van der Waals surface area contributed by atoms with Crippen LogP contribution < -0.4 is 5.32 Å². The van der Waals surface area contributed by atoms with Gasteiger partial charge >= 0.3 is 12.1 Å². The van der Waals surface area contributed by atoms with Crippen LogP contribution in [0.15, 0.2) is 48.5 Å². The molecule has 2 aromatic carbocycles. The van der Waals surface area contributed by atoms with Crippen molar-refractivity contribution >= 4 is 18.0 Å². The fourth-order valence-electron chi connectivity index (χ4n) is 4.00. The number of carbonyl (C=O) groups is 3. The Kier molecular flexibility index (Phi) is 7.28. The van der Waals surface area contributed by atoms with Gasteiger partial charge in [0.05, 0.1) is 6.42 Å². The van der Waals surface area contributed by atoms with Crippen molar-refractivity contribution in [2.45, 2.75) is 38.6 Å². The van der Waals surface area contributed by atoms with E-state index < -0.39 is 18.1 Å². The van der Waals surface area contributed by atoms with Crippen LogP contribution in [0.25, 0.3) is 11.1 Å². The van der Waals surface area contributed by atoms with E-state index in [9.17, 15) is 14.4 Å². The van der Waals surface area contributed by atoms with Crippen LogP contribution in [0.3, 0.4) is 0 Å². The van der Waals surface area contributed by atoms with E-state index >= 15 is 0 Å². The molecule has 0 saturated heterocycles. The van der Waals surface area contributed by atoms with E-state index in [1.54, 1.807) is 13.8 Å². The minimum atomic E-state index is -0.969. The van der Waals surface area contributed by atoms with Gasteiger partial charge in [-0.15, -0.1) is 0 Å². The SMILES string of the molecule is CC[C@H](NC(=O)OCC1c2ccccc2-c2ccccc21)C(=O)N(CC)CCC(=O)O. The molecule has 0 heterocycles. The quantitative estimate of drug-likeness (QED) is 0.641. The predicted octanol–water partition coefficient (Wildman–Crippen LogP) is 3.63. The molecule has 0 radical (unpaired) electrons. The van der Waals surface area contributed by atoms with Crippen molar-refractivity contribution in [3.8, 4) is 11.1 Å². The van der Waals surface area contributed by atoms with Gasteiger partial charge < -0.3 is 20.1 Å². The number of hydrogen-bond acceptors (Lipinski definition) is 4. The fraction of sp³-hybridized carbons (Fsp3) is 0.375. The van der Waals surface area contributed by atoms with E-state index in [4.69, 9.17) is 9.84 Å². The Bertz CT molecular complexity index is 913. The second-order valence-corrected chi connectivity index (χ2v) is 7.49. The smallest absolute Gasteiger partial charge is 0.407 e. The highest BCUT2D eigenvalue weighted by atomic mass is 16.5. The number of benzene rings is 2. The molecule has 0 saturated carbocycles. The van der Waals surface area contributed by atoms with Crippen molar-refractivity contribution in [2.75, 3.05) is 19.7 Å². The first-order valence-electron chi connectivity index (χ1n) is 10.6. The molecule has 7 nitrogen and oxygen atoms in total. The van der Waals surface area contributed by atoms with Crippen molar-refractivity contribution in [1.82, 2.24) is 10.2 Å². The molecule has 0 fully saturated rings. The van der Waals surface area contributed by atoms with E-state index in [1.807, 2.05) is 36.4 Å². The summed E-state index contributed by atoms with van der Waals surface area (Å²) < 4.78 is 5.52. The maximum atomic E-state index is 12.7. The van der Waals surface area contributed by atoms with Crippen LogP contribution in [0.2, 0.25) is 0 Å². The Hall–Kier alpha value is -3.35. The lowest BCUT2D eigenvalue weighted by atomic mass is 9.98. The monoisotopic (exact) mass is 424 g/mol. The van der Waals surface area contributed by atoms with Gasteiger partial charge in [0.15, 0.2) is 0 Å². The van der Waals surface area contributed by atoms with Crippen molar-refractivity contribution in [3.63, 3.8) is 0 Å². The average molecular weight is 424 g/mol. The number of hydrogen-bond donors (Lipinski definition) is 2. The van der Waals surface area contributed by atoms with Gasteiger partial charge in [0.1, 0.15) is 12.6 Å². The second-order valence-electron chi connectivity index (χ2n) is 7.49. The average Bonchev–Trinajstić information content (AvgIpc) is 3.10. The van der Waals surface area contributed by atoms with Crippen molar-refractivity contribution in [2.24, 2.45) is 0 Å². The zero-order valence-corrected chi connectivity index (χ0v) is 17.8. The minimum absolute atomic E-state index is 0.0587. The Morgan fingerprint density at radius 1 is 1.03 bits per heavy atom. The van der Waals surface area contributed by atoms with E-state index in [2.05, 4.69) is 17.4 Å². The summed E-state index contributed by atoms with van der Waals surface area (Å²) >= 11 is 0. The zero-order valence-electron chi connectivity index (χ0n) is 17.8. The van der Waals surface area contributed by atoms with Gasteiger partial charge in [-0.3, -0.25) is 9.59 Å². The first kappa shape index (κ1) is 22.3. The van der Waals surface area contributed by atoms with Gasteiger partial charge in [0.2, 0.25) is 5.91 Å². The maximum absolute atomic E-state index is 12.7. The minimum Gasteiger partial charge on any atom is -0.481 e. The van der Waals surface area contributed by atoms with Gasteiger partial charge in [-0.1, -0.05) is 55.5 Å². The number of alkyl carbamates (subject to hydrolysis) is 1. The number of nitrogens with one attached hydrogen (secondary N) is 1. The molecule has 1 atom stereocenters. The van der Waals surface area contributed by atoms with Crippen molar-refractivity contribution in [1.29, 1.82) is 0 Å². The third-order valence-electron chi connectivity index (χ3n) is 5.63. The summed E-state index contributed by atoms with van der Waals surface area (Å²) in [4.78, 5) is 37.4. The number of carboxylic acids is 1. The van der Waals surface area contributed by atoms with Gasteiger partial charge in [-0.2, -0.15) is 0 Å². The number of carboxylic acid groups (broad SMARTS) is 1. The van der Waals surface area contributed by atoms with E-state index in [0.29, 0.717) is 13.0 Å². The lowest BCUT2D eigenvalue weighted by Gasteiger charge is -2.26. The van der Waals surface area contributed by atoms with Crippen LogP contribution in [0.4, 0.5) is 4.79 Å². The molecule has 2 N–H and O–H groups in total. The number of amides is 2. The summed E-state index contributed by atoms with van der Waals surface area (Å²) in [5, 5.41) is 11.5. The highest BCUT2D eigenvalue weighted by molar-refractivity contribution is 5.86. The summed E-state index contributed by atoms with van der Waals surface area (Å²) in [5.41, 5.74) is 4.52. The molecule has 2 amide bonds. The third-order valence-corrected chi connectivity index (χ3v) is 5.63. The largest absolute Gasteiger partial charge is 0.481 e. The number of fused-ring (bicyclic) bond motifs is 3. The highest BCUT2D eigenvalue weighted by Gasteiger charge is 2.30. The van der Waals surface area contributed by atoms with Crippen LogP contribution in [0.5, 0.6) is 0 Å². The molecule has 164 valence electrons. The Labute approximate surface area is 182 Å². The molecule has 0 bridgehead atoms. The molecule has 1 aliphatic carbocycles. The van der Waals surface area contributed by atoms with Crippen LogP contribution in [0, 0.1) is 0 Å². The lowest BCUT2D eigenvalue weighted by molar-refractivity contribution is -0.139. The normalized spacial score (nSPS) is 13.1. The Morgan fingerprint density at radius 2 is 1.61 bits per heavy atom. The van der Waals surface area contributed by atoms with Gasteiger partial charge in [0.25, 0.3) is 0 Å².